The summed E-state index contributed by atoms with van der Waals surface area (Å²) in [6.07, 6.45) is -7.03. The molecule has 14 nitrogen and oxygen atoms in total. The molecule has 20 atom stereocenters. The summed E-state index contributed by atoms with van der Waals surface area (Å²) in [7, 11) is 0. The Kier molecular flexibility index (Phi) is 11.0. The van der Waals surface area contributed by atoms with Gasteiger partial charge in [-0.25, -0.2) is 0 Å². The van der Waals surface area contributed by atoms with Crippen LogP contribution in [0.5, 0.6) is 0 Å². The molecule has 0 unspecified atom stereocenters. The summed E-state index contributed by atoms with van der Waals surface area (Å²) in [5.41, 5.74) is -2.61. The second-order valence-corrected chi connectivity index (χ2v) is 20.0. The van der Waals surface area contributed by atoms with Crippen LogP contribution in [0.25, 0.3) is 0 Å². The van der Waals surface area contributed by atoms with Crippen molar-refractivity contribution in [1.29, 1.82) is 0 Å². The molecule has 2 aliphatic heterocycles. The van der Waals surface area contributed by atoms with Crippen molar-refractivity contribution in [2.24, 2.45) is 56.7 Å². The van der Waals surface area contributed by atoms with Gasteiger partial charge in [-0.2, -0.15) is 0 Å². The zero-order valence-electron chi connectivity index (χ0n) is 33.9. The Morgan fingerprint density at radius 1 is 0.750 bits per heavy atom. The van der Waals surface area contributed by atoms with Gasteiger partial charge in [0, 0.05) is 0 Å². The molecule has 0 aromatic rings. The van der Waals surface area contributed by atoms with E-state index < -0.39 is 108 Å². The molecule has 0 spiro atoms. The highest BCUT2D eigenvalue weighted by Gasteiger charge is 2.73. The summed E-state index contributed by atoms with van der Waals surface area (Å²) >= 11 is 0. The minimum Gasteiger partial charge on any atom is -0.481 e. The van der Waals surface area contributed by atoms with Crippen LogP contribution in [0.2, 0.25) is 0 Å². The quantitative estimate of drug-likeness (QED) is 0.137. The molecule has 5 aliphatic carbocycles. The fraction of sp³-hybridized carbons (Fsp3) is 0.905. The van der Waals surface area contributed by atoms with E-state index in [2.05, 4.69) is 47.6 Å². The van der Waals surface area contributed by atoms with Crippen molar-refractivity contribution < 1.29 is 69.4 Å². The van der Waals surface area contributed by atoms with Crippen molar-refractivity contribution in [1.82, 2.24) is 0 Å². The number of allylic oxidation sites excluding steroid dienone is 1. The van der Waals surface area contributed by atoms with Crippen molar-refractivity contribution in [3.05, 3.63) is 11.6 Å². The van der Waals surface area contributed by atoms with E-state index in [0.29, 0.717) is 44.4 Å². The first-order chi connectivity index (χ1) is 26.1. The number of carbonyl (C=O) groups is 2. The largest absolute Gasteiger partial charge is 0.481 e. The third-order valence-corrected chi connectivity index (χ3v) is 17.4. The molecular formula is C42H66O14. The zero-order valence-corrected chi connectivity index (χ0v) is 33.9. The first-order valence-electron chi connectivity index (χ1n) is 20.9. The van der Waals surface area contributed by atoms with E-state index >= 15 is 0 Å². The highest BCUT2D eigenvalue weighted by molar-refractivity contribution is 5.84. The fourth-order valence-corrected chi connectivity index (χ4v) is 14.0. The molecule has 8 N–H and O–H groups in total. The molecule has 318 valence electrons. The minimum absolute atomic E-state index is 0.0190. The number of aliphatic carboxylic acids is 2. The summed E-state index contributed by atoms with van der Waals surface area (Å²) in [5.74, 6) is -1.49. The molecule has 2 heterocycles. The molecule has 6 fully saturated rings. The van der Waals surface area contributed by atoms with E-state index in [1.54, 1.807) is 6.92 Å². The lowest BCUT2D eigenvalue weighted by molar-refractivity contribution is -0.366. The molecule has 56 heavy (non-hydrogen) atoms. The Labute approximate surface area is 329 Å². The Hall–Kier alpha value is -1.72. The fourth-order valence-electron chi connectivity index (χ4n) is 14.0. The van der Waals surface area contributed by atoms with E-state index in [0.717, 1.165) is 24.8 Å². The highest BCUT2D eigenvalue weighted by Crippen LogP contribution is 2.76. The third-order valence-electron chi connectivity index (χ3n) is 17.4. The van der Waals surface area contributed by atoms with E-state index in [9.17, 15) is 50.4 Å². The summed E-state index contributed by atoms with van der Waals surface area (Å²) < 4.78 is 24.1. The van der Waals surface area contributed by atoms with Crippen LogP contribution in [0.15, 0.2) is 11.6 Å². The van der Waals surface area contributed by atoms with Gasteiger partial charge in [-0.1, -0.05) is 53.2 Å². The number of aliphatic hydroxyl groups is 6. The average Bonchev–Trinajstić information content (AvgIpc) is 3.14. The predicted octanol–water partition coefficient (Wildman–Crippen LogP) is 2.83. The van der Waals surface area contributed by atoms with Crippen molar-refractivity contribution in [2.45, 2.75) is 174 Å². The number of fused-ring (bicyclic) bond motifs is 7. The first-order valence-corrected chi connectivity index (χ1v) is 20.9. The molecule has 2 saturated heterocycles. The number of carboxylic acid groups (broad SMARTS) is 2. The van der Waals surface area contributed by atoms with Crippen LogP contribution >= 0.6 is 0 Å². The van der Waals surface area contributed by atoms with Crippen molar-refractivity contribution >= 4 is 11.9 Å². The van der Waals surface area contributed by atoms with Gasteiger partial charge in [0.15, 0.2) is 12.6 Å². The lowest BCUT2D eigenvalue weighted by atomic mass is 9.33. The molecule has 0 radical (unpaired) electrons. The van der Waals surface area contributed by atoms with Crippen LogP contribution in [0.3, 0.4) is 0 Å². The van der Waals surface area contributed by atoms with Gasteiger partial charge in [0.25, 0.3) is 0 Å². The van der Waals surface area contributed by atoms with Gasteiger partial charge in [0.2, 0.25) is 0 Å². The Bertz CT molecular complexity index is 1550. The molecule has 7 rings (SSSR count). The van der Waals surface area contributed by atoms with Crippen LogP contribution < -0.4 is 0 Å². The summed E-state index contributed by atoms with van der Waals surface area (Å²) in [5, 5.41) is 85.6. The number of hydrogen-bond acceptors (Lipinski definition) is 12. The van der Waals surface area contributed by atoms with Crippen LogP contribution in [0, 0.1) is 56.7 Å². The molecular weight excluding hydrogens is 728 g/mol. The van der Waals surface area contributed by atoms with Crippen molar-refractivity contribution in [3.8, 4) is 0 Å². The van der Waals surface area contributed by atoms with Gasteiger partial charge in [-0.05, 0) is 111 Å². The van der Waals surface area contributed by atoms with Gasteiger partial charge in [0.05, 0.1) is 29.6 Å². The standard InChI is InChI=1S/C42H66O14/c1-19-10-15-41(36(49)50)16-17-42(37(51)52)22(27(41)20(19)2)8-9-25-39(6)13-12-26(38(4,5)24(39)11-14-40(25,42)7)55-35-32(48)33(28(44)21(3)53-35)56-34-31(47)30(46)29(45)23(18-43)54-34/h8,19-21,23-35,43-48H,9-18H2,1-7H3,(H,49,50)(H,51,52)/t19-,20+,21-,23-,24-,25-,26+,27-,28-,29-,30+,31-,32-,33+,34+,35+,39+,40-,41+,42-/m1/s1. The number of hydrogen-bond donors (Lipinski definition) is 8. The molecule has 7 aliphatic rings. The molecule has 0 bridgehead atoms. The van der Waals surface area contributed by atoms with E-state index in [-0.39, 0.29) is 29.1 Å². The summed E-state index contributed by atoms with van der Waals surface area (Å²) in [6.45, 7) is 14.0. The Morgan fingerprint density at radius 3 is 2.07 bits per heavy atom. The first kappa shape index (κ1) is 42.4. The predicted molar refractivity (Wildman–Crippen MR) is 198 cm³/mol. The number of ether oxygens (including phenoxy) is 4. The van der Waals surface area contributed by atoms with Crippen LogP contribution in [-0.4, -0.2) is 127 Å². The van der Waals surface area contributed by atoms with Crippen LogP contribution in [0.1, 0.15) is 106 Å². The zero-order chi connectivity index (χ0) is 41.1. The van der Waals surface area contributed by atoms with Crippen LogP contribution in [-0.2, 0) is 28.5 Å². The van der Waals surface area contributed by atoms with Gasteiger partial charge in [-0.3, -0.25) is 9.59 Å². The SMILES string of the molecule is C[C@H]1[C@H](C)CC[C@]2(C(=O)O)CC[C@]3(C(=O)O)C(=CC[C@@H]4[C@@]5(C)CC[C@H](O[C@@H]6O[C@H](C)[C@@H](O)[C@H](O[C@@H]7O[C@H](CO)[C@@H](O)[C@H](O)[C@H]7O)[C@H]6O)C(C)(C)[C@H]5CC[C@]43C)[C@@H]12. The normalized spacial score (nSPS) is 54.1. The second-order valence-electron chi connectivity index (χ2n) is 20.0. The lowest BCUT2D eigenvalue weighted by Gasteiger charge is -2.70. The molecule has 0 aromatic carbocycles. The van der Waals surface area contributed by atoms with Crippen molar-refractivity contribution in [2.75, 3.05) is 6.61 Å². The monoisotopic (exact) mass is 794 g/mol. The topological polar surface area (TPSA) is 233 Å². The minimum atomic E-state index is -1.73. The second kappa shape index (κ2) is 14.5. The molecule has 0 amide bonds. The van der Waals surface area contributed by atoms with Crippen LogP contribution in [0.4, 0.5) is 0 Å². The maximum atomic E-state index is 14.0. The van der Waals surface area contributed by atoms with E-state index in [4.69, 9.17) is 18.9 Å². The Morgan fingerprint density at radius 2 is 1.43 bits per heavy atom. The highest BCUT2D eigenvalue weighted by atomic mass is 16.7. The number of rotatable bonds is 7. The lowest BCUT2D eigenvalue weighted by Crippen LogP contribution is -2.68. The third kappa shape index (κ3) is 5.85. The number of carboxylic acids is 2. The van der Waals surface area contributed by atoms with Gasteiger partial charge >= 0.3 is 11.9 Å². The van der Waals surface area contributed by atoms with E-state index in [1.165, 1.54) is 0 Å². The molecule has 14 heteroatoms. The Balaban J connectivity index is 1.14. The number of aliphatic hydroxyl groups excluding tert-OH is 6. The summed E-state index contributed by atoms with van der Waals surface area (Å²) in [4.78, 5) is 27.1. The van der Waals surface area contributed by atoms with Crippen molar-refractivity contribution in [3.63, 3.8) is 0 Å². The maximum Gasteiger partial charge on any atom is 0.314 e. The van der Waals surface area contributed by atoms with Gasteiger partial charge < -0.3 is 59.8 Å². The molecule has 0 aromatic heterocycles. The van der Waals surface area contributed by atoms with Gasteiger partial charge in [0.1, 0.15) is 42.7 Å². The van der Waals surface area contributed by atoms with E-state index in [1.807, 2.05) is 0 Å². The molecule has 4 saturated carbocycles. The van der Waals surface area contributed by atoms with Gasteiger partial charge in [-0.15, -0.1) is 0 Å². The smallest absolute Gasteiger partial charge is 0.314 e. The summed E-state index contributed by atoms with van der Waals surface area (Å²) in [6, 6.07) is 0. The maximum absolute atomic E-state index is 14.0. The average molecular weight is 795 g/mol.